The van der Waals surface area contributed by atoms with Crippen molar-refractivity contribution in [2.45, 2.75) is 20.3 Å². The summed E-state index contributed by atoms with van der Waals surface area (Å²) in [6.45, 7) is 5.74. The molecule has 1 N–H and O–H groups in total. The molecule has 1 rings (SSSR count). The molecule has 0 saturated carbocycles. The molecule has 0 saturated heterocycles. The highest BCUT2D eigenvalue weighted by atomic mass is 19.1. The number of nitrogens with zero attached hydrogens (tertiary/aromatic N) is 1. The smallest absolute Gasteiger partial charge is 0.214 e. The van der Waals surface area contributed by atoms with Crippen molar-refractivity contribution in [3.05, 3.63) is 24.1 Å². The summed E-state index contributed by atoms with van der Waals surface area (Å²) >= 11 is 0. The lowest BCUT2D eigenvalue weighted by Crippen LogP contribution is -2.25. The molecule has 4 heteroatoms. The van der Waals surface area contributed by atoms with Gasteiger partial charge in [0.05, 0.1) is 0 Å². The zero-order valence-electron chi connectivity index (χ0n) is 10.1. The molecule has 0 atom stereocenters. The zero-order valence-corrected chi connectivity index (χ0v) is 10.1. The van der Waals surface area contributed by atoms with Crippen molar-refractivity contribution in [1.82, 2.24) is 4.98 Å². The zero-order chi connectivity index (χ0) is 12.0. The molecule has 1 aromatic heterocycles. The van der Waals surface area contributed by atoms with E-state index in [2.05, 4.69) is 24.1 Å². The summed E-state index contributed by atoms with van der Waals surface area (Å²) in [4.78, 5) is 3.75. The van der Waals surface area contributed by atoms with Gasteiger partial charge in [-0.3, -0.25) is 0 Å². The molecule has 90 valence electrons. The highest BCUT2D eigenvalue weighted by molar-refractivity contribution is 5.33. The second kappa shape index (κ2) is 5.80. The van der Waals surface area contributed by atoms with Crippen molar-refractivity contribution in [3.63, 3.8) is 0 Å². The number of hydrogen-bond donors (Lipinski definition) is 1. The quantitative estimate of drug-likeness (QED) is 0.757. The van der Waals surface area contributed by atoms with E-state index in [0.717, 1.165) is 19.6 Å². The minimum atomic E-state index is -0.459. The Morgan fingerprint density at radius 2 is 2.19 bits per heavy atom. The lowest BCUT2D eigenvalue weighted by molar-refractivity contribution is 0.157. The van der Waals surface area contributed by atoms with Crippen LogP contribution in [0.15, 0.2) is 18.2 Å². The molecule has 0 aliphatic heterocycles. The number of ether oxygens (including phenoxy) is 1. The summed E-state index contributed by atoms with van der Waals surface area (Å²) in [7, 11) is 1.69. The first-order valence-corrected chi connectivity index (χ1v) is 5.39. The first-order chi connectivity index (χ1) is 7.53. The fraction of sp³-hybridized carbons (Fsp3) is 0.583. The first kappa shape index (κ1) is 12.9. The summed E-state index contributed by atoms with van der Waals surface area (Å²) < 4.78 is 17.9. The Balaban J connectivity index is 2.44. The molecule has 0 radical (unpaired) electrons. The Morgan fingerprint density at radius 3 is 2.81 bits per heavy atom. The van der Waals surface area contributed by atoms with Gasteiger partial charge in [-0.2, -0.15) is 4.39 Å². The van der Waals surface area contributed by atoms with Crippen molar-refractivity contribution in [2.75, 3.05) is 25.6 Å². The maximum atomic E-state index is 12.8. The number of methoxy groups -OCH3 is 1. The van der Waals surface area contributed by atoms with E-state index >= 15 is 0 Å². The van der Waals surface area contributed by atoms with Crippen LogP contribution in [0.5, 0.6) is 0 Å². The number of rotatable bonds is 6. The van der Waals surface area contributed by atoms with Gasteiger partial charge in [0, 0.05) is 20.3 Å². The second-order valence-electron chi connectivity index (χ2n) is 4.61. The third-order valence-corrected chi connectivity index (χ3v) is 2.45. The first-order valence-electron chi connectivity index (χ1n) is 5.39. The van der Waals surface area contributed by atoms with Gasteiger partial charge in [0.25, 0.3) is 0 Å². The van der Waals surface area contributed by atoms with Crippen molar-refractivity contribution in [1.29, 1.82) is 0 Å². The largest absolute Gasteiger partial charge is 0.385 e. The fourth-order valence-corrected chi connectivity index (χ4v) is 1.30. The average Bonchev–Trinajstić information content (AvgIpc) is 2.24. The van der Waals surface area contributed by atoms with Crippen molar-refractivity contribution in [3.8, 4) is 0 Å². The molecule has 0 fully saturated rings. The molecule has 16 heavy (non-hydrogen) atoms. The van der Waals surface area contributed by atoms with Gasteiger partial charge in [0.2, 0.25) is 5.95 Å². The summed E-state index contributed by atoms with van der Waals surface area (Å²) in [5, 5.41) is 3.13. The van der Waals surface area contributed by atoms with Crippen LogP contribution in [0.4, 0.5) is 10.2 Å². The van der Waals surface area contributed by atoms with Crippen molar-refractivity contribution < 1.29 is 9.13 Å². The van der Waals surface area contributed by atoms with Crippen LogP contribution >= 0.6 is 0 Å². The van der Waals surface area contributed by atoms with Crippen LogP contribution in [0.25, 0.3) is 0 Å². The van der Waals surface area contributed by atoms with Crippen molar-refractivity contribution in [2.24, 2.45) is 5.41 Å². The molecule has 0 aliphatic carbocycles. The number of pyridine rings is 1. The minimum Gasteiger partial charge on any atom is -0.385 e. The summed E-state index contributed by atoms with van der Waals surface area (Å²) in [6, 6.07) is 4.74. The molecule has 0 amide bonds. The molecule has 0 bridgehead atoms. The van der Waals surface area contributed by atoms with E-state index in [4.69, 9.17) is 4.74 Å². The van der Waals surface area contributed by atoms with Gasteiger partial charge in [-0.15, -0.1) is 0 Å². The Kier molecular flexibility index (Phi) is 4.68. The molecular formula is C12H19FN2O. The number of halogens is 1. The number of aromatic nitrogens is 1. The van der Waals surface area contributed by atoms with E-state index in [0.29, 0.717) is 5.82 Å². The van der Waals surface area contributed by atoms with Crippen LogP contribution in [0.1, 0.15) is 20.3 Å². The van der Waals surface area contributed by atoms with Crippen LogP contribution in [0, 0.1) is 11.4 Å². The van der Waals surface area contributed by atoms with E-state index < -0.39 is 5.95 Å². The van der Waals surface area contributed by atoms with E-state index in [1.807, 2.05) is 0 Å². The van der Waals surface area contributed by atoms with E-state index in [-0.39, 0.29) is 5.41 Å². The van der Waals surface area contributed by atoms with Gasteiger partial charge in [-0.1, -0.05) is 19.9 Å². The predicted molar refractivity (Wildman–Crippen MR) is 63.0 cm³/mol. The Bertz CT molecular complexity index is 329. The van der Waals surface area contributed by atoms with Crippen LogP contribution in [-0.4, -0.2) is 25.2 Å². The Hall–Kier alpha value is -1.16. The molecule has 1 heterocycles. The molecule has 0 spiro atoms. The minimum absolute atomic E-state index is 0.101. The second-order valence-corrected chi connectivity index (χ2v) is 4.61. The van der Waals surface area contributed by atoms with Gasteiger partial charge in [-0.25, -0.2) is 4.98 Å². The lowest BCUT2D eigenvalue weighted by atomic mass is 9.90. The topological polar surface area (TPSA) is 34.1 Å². The van der Waals surface area contributed by atoms with Gasteiger partial charge in [0.1, 0.15) is 5.82 Å². The summed E-state index contributed by atoms with van der Waals surface area (Å²) in [6.07, 6.45) is 0.950. The maximum Gasteiger partial charge on any atom is 0.214 e. The Morgan fingerprint density at radius 1 is 1.44 bits per heavy atom. The van der Waals surface area contributed by atoms with Crippen LogP contribution in [0.3, 0.4) is 0 Å². The van der Waals surface area contributed by atoms with Crippen LogP contribution in [-0.2, 0) is 4.74 Å². The molecule has 1 aromatic rings. The van der Waals surface area contributed by atoms with Gasteiger partial charge >= 0.3 is 0 Å². The molecule has 3 nitrogen and oxygen atoms in total. The standard InChI is InChI=1S/C12H19FN2O/c1-12(2,7-8-16-3)9-14-11-6-4-5-10(13)15-11/h4-6H,7-9H2,1-3H3,(H,14,15). The van der Waals surface area contributed by atoms with Gasteiger partial charge in [0.15, 0.2) is 0 Å². The van der Waals surface area contributed by atoms with Gasteiger partial charge in [-0.05, 0) is 24.0 Å². The fourth-order valence-electron chi connectivity index (χ4n) is 1.30. The van der Waals surface area contributed by atoms with Crippen LogP contribution in [0.2, 0.25) is 0 Å². The third kappa shape index (κ3) is 4.57. The molecule has 0 aromatic carbocycles. The van der Waals surface area contributed by atoms with E-state index in [1.165, 1.54) is 6.07 Å². The third-order valence-electron chi connectivity index (χ3n) is 2.45. The normalized spacial score (nSPS) is 11.5. The van der Waals surface area contributed by atoms with E-state index in [1.54, 1.807) is 19.2 Å². The van der Waals surface area contributed by atoms with Gasteiger partial charge < -0.3 is 10.1 Å². The number of anilines is 1. The predicted octanol–water partition coefficient (Wildman–Crippen LogP) is 2.70. The lowest BCUT2D eigenvalue weighted by Gasteiger charge is -2.24. The number of hydrogen-bond acceptors (Lipinski definition) is 3. The maximum absolute atomic E-state index is 12.8. The Labute approximate surface area is 96.0 Å². The molecule has 0 unspecified atom stereocenters. The highest BCUT2D eigenvalue weighted by Crippen LogP contribution is 2.20. The van der Waals surface area contributed by atoms with E-state index in [9.17, 15) is 4.39 Å². The number of nitrogens with one attached hydrogen (secondary N) is 1. The van der Waals surface area contributed by atoms with Crippen molar-refractivity contribution >= 4 is 5.82 Å². The SMILES string of the molecule is COCCC(C)(C)CNc1cccc(F)n1. The summed E-state index contributed by atoms with van der Waals surface area (Å²) in [5.41, 5.74) is 0.101. The molecule has 0 aliphatic rings. The monoisotopic (exact) mass is 226 g/mol. The van der Waals surface area contributed by atoms with Crippen LogP contribution < -0.4 is 5.32 Å². The summed E-state index contributed by atoms with van der Waals surface area (Å²) in [5.74, 6) is 0.116. The highest BCUT2D eigenvalue weighted by Gasteiger charge is 2.17. The molecular weight excluding hydrogens is 207 g/mol. The average molecular weight is 226 g/mol.